The van der Waals surface area contributed by atoms with Crippen LogP contribution in [0.5, 0.6) is 0 Å². The second-order valence-electron chi connectivity index (χ2n) is 4.47. The third kappa shape index (κ3) is 2.93. The molecule has 1 heterocycles. The zero-order valence-electron chi connectivity index (χ0n) is 11.9. The molecule has 5 heteroatoms. The summed E-state index contributed by atoms with van der Waals surface area (Å²) in [5.41, 5.74) is 3.31. The van der Waals surface area contributed by atoms with E-state index in [1.165, 1.54) is 0 Å². The maximum atomic E-state index is 12.2. The predicted octanol–water partition coefficient (Wildman–Crippen LogP) is 2.64. The van der Waals surface area contributed by atoms with E-state index in [2.05, 4.69) is 27.8 Å². The zero-order valence-corrected chi connectivity index (χ0v) is 11.9. The Bertz CT molecular complexity index is 608. The number of rotatable bonds is 4. The first-order valence-electron chi connectivity index (χ1n) is 6.57. The fourth-order valence-electron chi connectivity index (χ4n) is 1.97. The normalized spacial score (nSPS) is 10.2. The predicted molar refractivity (Wildman–Crippen MR) is 80.1 cm³/mol. The number of amides is 1. The van der Waals surface area contributed by atoms with E-state index in [4.69, 9.17) is 0 Å². The first-order chi connectivity index (χ1) is 9.65. The minimum atomic E-state index is -0.246. The van der Waals surface area contributed by atoms with Crippen molar-refractivity contribution in [2.24, 2.45) is 0 Å². The second-order valence-corrected chi connectivity index (χ2v) is 4.47. The van der Waals surface area contributed by atoms with Crippen molar-refractivity contribution < 1.29 is 4.79 Å². The number of benzene rings is 1. The van der Waals surface area contributed by atoms with Crippen LogP contribution < -0.4 is 10.6 Å². The SMILES string of the molecule is CCc1cccc(C)c1NC(=O)c1ccc(NC)nn1. The fourth-order valence-corrected chi connectivity index (χ4v) is 1.97. The van der Waals surface area contributed by atoms with Crippen molar-refractivity contribution in [1.82, 2.24) is 10.2 Å². The Hall–Kier alpha value is -2.43. The Morgan fingerprint density at radius 1 is 1.20 bits per heavy atom. The lowest BCUT2D eigenvalue weighted by Gasteiger charge is -2.12. The summed E-state index contributed by atoms with van der Waals surface area (Å²) >= 11 is 0. The molecule has 0 bridgehead atoms. The highest BCUT2D eigenvalue weighted by Gasteiger charge is 2.12. The first-order valence-corrected chi connectivity index (χ1v) is 6.57. The monoisotopic (exact) mass is 270 g/mol. The molecule has 0 fully saturated rings. The van der Waals surface area contributed by atoms with Gasteiger partial charge in [0.05, 0.1) is 0 Å². The number of hydrogen-bond donors (Lipinski definition) is 2. The van der Waals surface area contributed by atoms with Crippen molar-refractivity contribution in [3.63, 3.8) is 0 Å². The molecular weight excluding hydrogens is 252 g/mol. The molecule has 1 aromatic carbocycles. The molecule has 0 aliphatic heterocycles. The van der Waals surface area contributed by atoms with Gasteiger partial charge in [0.15, 0.2) is 5.69 Å². The third-order valence-corrected chi connectivity index (χ3v) is 3.13. The number of nitrogens with one attached hydrogen (secondary N) is 2. The van der Waals surface area contributed by atoms with Crippen molar-refractivity contribution in [2.75, 3.05) is 17.7 Å². The van der Waals surface area contributed by atoms with Gasteiger partial charge in [0.1, 0.15) is 5.82 Å². The first kappa shape index (κ1) is 14.0. The summed E-state index contributed by atoms with van der Waals surface area (Å²) in [6.07, 6.45) is 0.863. The summed E-state index contributed by atoms with van der Waals surface area (Å²) in [6, 6.07) is 9.35. The van der Waals surface area contributed by atoms with Crippen LogP contribution in [0, 0.1) is 6.92 Å². The summed E-state index contributed by atoms with van der Waals surface area (Å²) in [4.78, 5) is 12.2. The smallest absolute Gasteiger partial charge is 0.276 e. The van der Waals surface area contributed by atoms with Gasteiger partial charge in [0, 0.05) is 12.7 Å². The lowest BCUT2D eigenvalue weighted by atomic mass is 10.1. The second kappa shape index (κ2) is 6.14. The van der Waals surface area contributed by atoms with Gasteiger partial charge in [-0.15, -0.1) is 10.2 Å². The average Bonchev–Trinajstić information content (AvgIpc) is 2.49. The van der Waals surface area contributed by atoms with Gasteiger partial charge >= 0.3 is 0 Å². The van der Waals surface area contributed by atoms with Crippen LogP contribution in [0.4, 0.5) is 11.5 Å². The molecular formula is C15H18N4O. The molecule has 0 aliphatic rings. The van der Waals surface area contributed by atoms with Crippen LogP contribution in [0.15, 0.2) is 30.3 Å². The molecule has 2 rings (SSSR count). The van der Waals surface area contributed by atoms with E-state index < -0.39 is 0 Å². The molecule has 0 unspecified atom stereocenters. The third-order valence-electron chi connectivity index (χ3n) is 3.13. The lowest BCUT2D eigenvalue weighted by Crippen LogP contribution is -2.16. The fraction of sp³-hybridized carbons (Fsp3) is 0.267. The molecule has 5 nitrogen and oxygen atoms in total. The maximum Gasteiger partial charge on any atom is 0.276 e. The standard InChI is InChI=1S/C15H18N4O/c1-4-11-7-5-6-10(2)14(11)17-15(20)12-8-9-13(16-3)19-18-12/h5-9H,4H2,1-3H3,(H,16,19)(H,17,20). The molecule has 1 amide bonds. The van der Waals surface area contributed by atoms with Crippen molar-refractivity contribution in [3.05, 3.63) is 47.2 Å². The molecule has 2 aromatic rings. The summed E-state index contributed by atoms with van der Waals surface area (Å²) in [5, 5.41) is 13.6. The van der Waals surface area contributed by atoms with Crippen molar-refractivity contribution in [1.29, 1.82) is 0 Å². The number of carbonyl (C=O) groups excluding carboxylic acids is 1. The molecule has 0 spiro atoms. The van der Waals surface area contributed by atoms with Crippen LogP contribution in [-0.4, -0.2) is 23.2 Å². The van der Waals surface area contributed by atoms with E-state index in [-0.39, 0.29) is 5.91 Å². The van der Waals surface area contributed by atoms with Crippen LogP contribution in [-0.2, 0) is 6.42 Å². The minimum Gasteiger partial charge on any atom is -0.372 e. The van der Waals surface area contributed by atoms with E-state index in [9.17, 15) is 4.79 Å². The van der Waals surface area contributed by atoms with Gasteiger partial charge in [-0.1, -0.05) is 25.1 Å². The molecule has 1 aromatic heterocycles. The largest absolute Gasteiger partial charge is 0.372 e. The Morgan fingerprint density at radius 2 is 2.00 bits per heavy atom. The van der Waals surface area contributed by atoms with Gasteiger partial charge in [-0.25, -0.2) is 0 Å². The summed E-state index contributed by atoms with van der Waals surface area (Å²) < 4.78 is 0. The molecule has 2 N–H and O–H groups in total. The van der Waals surface area contributed by atoms with Crippen LogP contribution in [0.25, 0.3) is 0 Å². The van der Waals surface area contributed by atoms with E-state index in [0.717, 1.165) is 23.2 Å². The molecule has 0 atom stereocenters. The van der Waals surface area contributed by atoms with Crippen LogP contribution in [0.3, 0.4) is 0 Å². The summed E-state index contributed by atoms with van der Waals surface area (Å²) in [7, 11) is 1.75. The topological polar surface area (TPSA) is 66.9 Å². The average molecular weight is 270 g/mol. The van der Waals surface area contributed by atoms with Gasteiger partial charge in [-0.3, -0.25) is 4.79 Å². The highest BCUT2D eigenvalue weighted by molar-refractivity contribution is 6.03. The van der Waals surface area contributed by atoms with E-state index in [1.54, 1.807) is 19.2 Å². The number of carbonyl (C=O) groups is 1. The Balaban J connectivity index is 2.23. The number of anilines is 2. The molecule has 0 radical (unpaired) electrons. The van der Waals surface area contributed by atoms with E-state index in [1.807, 2.05) is 25.1 Å². The molecule has 20 heavy (non-hydrogen) atoms. The quantitative estimate of drug-likeness (QED) is 0.896. The number of aromatic nitrogens is 2. The summed E-state index contributed by atoms with van der Waals surface area (Å²) in [6.45, 7) is 4.04. The van der Waals surface area contributed by atoms with Gasteiger partial charge < -0.3 is 10.6 Å². The number of para-hydroxylation sites is 1. The van der Waals surface area contributed by atoms with Gasteiger partial charge in [-0.2, -0.15) is 0 Å². The molecule has 0 aliphatic carbocycles. The molecule has 104 valence electrons. The number of hydrogen-bond acceptors (Lipinski definition) is 4. The van der Waals surface area contributed by atoms with Gasteiger partial charge in [-0.05, 0) is 36.6 Å². The van der Waals surface area contributed by atoms with Crippen molar-refractivity contribution in [2.45, 2.75) is 20.3 Å². The zero-order chi connectivity index (χ0) is 14.5. The van der Waals surface area contributed by atoms with Crippen LogP contribution >= 0.6 is 0 Å². The molecule has 0 saturated carbocycles. The Kier molecular flexibility index (Phi) is 4.30. The maximum absolute atomic E-state index is 12.2. The highest BCUT2D eigenvalue weighted by atomic mass is 16.1. The Labute approximate surface area is 118 Å². The molecule has 0 saturated heterocycles. The number of aryl methyl sites for hydroxylation is 2. The van der Waals surface area contributed by atoms with Gasteiger partial charge in [0.2, 0.25) is 0 Å². The number of nitrogens with zero attached hydrogens (tertiary/aromatic N) is 2. The van der Waals surface area contributed by atoms with E-state index >= 15 is 0 Å². The van der Waals surface area contributed by atoms with Crippen LogP contribution in [0.2, 0.25) is 0 Å². The van der Waals surface area contributed by atoms with Crippen molar-refractivity contribution >= 4 is 17.4 Å². The van der Waals surface area contributed by atoms with Gasteiger partial charge in [0.25, 0.3) is 5.91 Å². The van der Waals surface area contributed by atoms with Crippen molar-refractivity contribution in [3.8, 4) is 0 Å². The van der Waals surface area contributed by atoms with Crippen LogP contribution in [0.1, 0.15) is 28.5 Å². The Morgan fingerprint density at radius 3 is 2.60 bits per heavy atom. The highest BCUT2D eigenvalue weighted by Crippen LogP contribution is 2.21. The lowest BCUT2D eigenvalue weighted by molar-refractivity contribution is 0.102. The summed E-state index contributed by atoms with van der Waals surface area (Å²) in [5.74, 6) is 0.385. The van der Waals surface area contributed by atoms with E-state index in [0.29, 0.717) is 11.5 Å². The minimum absolute atomic E-state index is 0.246.